The first kappa shape index (κ1) is 22.9. The highest BCUT2D eigenvalue weighted by molar-refractivity contribution is 7.90. The number of benzene rings is 2. The Labute approximate surface area is 199 Å². The van der Waals surface area contributed by atoms with Gasteiger partial charge in [-0.1, -0.05) is 6.42 Å². The van der Waals surface area contributed by atoms with Crippen LogP contribution in [0.3, 0.4) is 0 Å². The van der Waals surface area contributed by atoms with E-state index in [9.17, 15) is 27.7 Å². The van der Waals surface area contributed by atoms with Gasteiger partial charge in [0.1, 0.15) is 23.7 Å². The van der Waals surface area contributed by atoms with Crippen LogP contribution in [0.4, 0.5) is 10.1 Å². The maximum atomic E-state index is 14.7. The zero-order valence-corrected chi connectivity index (χ0v) is 19.4. The Bertz CT molecular complexity index is 1580. The van der Waals surface area contributed by atoms with E-state index in [4.69, 9.17) is 4.74 Å². The lowest BCUT2D eigenvalue weighted by atomic mass is 9.65. The van der Waals surface area contributed by atoms with Gasteiger partial charge in [0.2, 0.25) is 5.91 Å². The second-order valence-electron chi connectivity index (χ2n) is 8.86. The average Bonchev–Trinajstić information content (AvgIpc) is 2.74. The summed E-state index contributed by atoms with van der Waals surface area (Å²) in [6, 6.07) is 8.10. The lowest BCUT2D eigenvalue weighted by Crippen LogP contribution is -2.62. The molecule has 0 radical (unpaired) electrons. The summed E-state index contributed by atoms with van der Waals surface area (Å²) < 4.78 is 50.4. The first-order valence-corrected chi connectivity index (χ1v) is 12.3. The monoisotopic (exact) mass is 497 g/mol. The molecule has 10 nitrogen and oxygen atoms in total. The van der Waals surface area contributed by atoms with Gasteiger partial charge in [-0.25, -0.2) is 13.9 Å². The minimum absolute atomic E-state index is 0.00257. The van der Waals surface area contributed by atoms with E-state index < -0.39 is 33.2 Å². The number of halogens is 1. The zero-order chi connectivity index (χ0) is 25.0. The number of ether oxygens (including phenoxy) is 1. The maximum Gasteiger partial charge on any atom is 0.301 e. The van der Waals surface area contributed by atoms with Crippen LogP contribution in [0, 0.1) is 22.6 Å². The fourth-order valence-electron chi connectivity index (χ4n) is 4.43. The van der Waals surface area contributed by atoms with Crippen molar-refractivity contribution in [3.63, 3.8) is 0 Å². The molecule has 0 amide bonds. The van der Waals surface area contributed by atoms with E-state index in [1.165, 1.54) is 29.4 Å². The molecule has 180 valence electrons. The van der Waals surface area contributed by atoms with E-state index in [1.54, 1.807) is 6.07 Å². The molecule has 0 atom stereocenters. The van der Waals surface area contributed by atoms with E-state index in [2.05, 4.69) is 9.71 Å². The van der Waals surface area contributed by atoms with Crippen molar-refractivity contribution in [3.8, 4) is 17.6 Å². The maximum absolute atomic E-state index is 14.7. The highest BCUT2D eigenvalue weighted by Crippen LogP contribution is 2.49. The fraction of sp³-hybridized carbons (Fsp3) is 0.304. The average molecular weight is 498 g/mol. The molecule has 2 aromatic carbocycles. The van der Waals surface area contributed by atoms with Crippen LogP contribution in [0.25, 0.3) is 10.9 Å². The Balaban J connectivity index is 1.47. The van der Waals surface area contributed by atoms with Gasteiger partial charge in [0.25, 0.3) is 5.56 Å². The zero-order valence-electron chi connectivity index (χ0n) is 18.6. The molecule has 0 bridgehead atoms. The van der Waals surface area contributed by atoms with Gasteiger partial charge in [0.05, 0.1) is 16.6 Å². The van der Waals surface area contributed by atoms with Gasteiger partial charge in [-0.2, -0.15) is 18.0 Å². The Kier molecular flexibility index (Phi) is 5.34. The number of anilines is 1. The van der Waals surface area contributed by atoms with Gasteiger partial charge in [0, 0.05) is 20.0 Å². The van der Waals surface area contributed by atoms with Crippen LogP contribution in [0.5, 0.6) is 11.5 Å². The van der Waals surface area contributed by atoms with Crippen LogP contribution < -0.4 is 15.0 Å². The summed E-state index contributed by atoms with van der Waals surface area (Å²) >= 11 is 0. The van der Waals surface area contributed by atoms with Crippen molar-refractivity contribution in [1.82, 2.24) is 13.9 Å². The quantitative estimate of drug-likeness (QED) is 0.573. The molecule has 1 aromatic heterocycles. The van der Waals surface area contributed by atoms with Crippen LogP contribution in [-0.2, 0) is 10.2 Å². The number of hydrogen-bond donors (Lipinski definition) is 1. The van der Waals surface area contributed by atoms with Crippen molar-refractivity contribution < 1.29 is 22.3 Å². The van der Waals surface area contributed by atoms with Gasteiger partial charge in [0.15, 0.2) is 11.6 Å². The largest absolute Gasteiger partial charge is 0.453 e. The second kappa shape index (κ2) is 8.14. The summed E-state index contributed by atoms with van der Waals surface area (Å²) in [6.45, 7) is 2.04. The third kappa shape index (κ3) is 3.92. The van der Waals surface area contributed by atoms with E-state index >= 15 is 0 Å². The first-order valence-electron chi connectivity index (χ1n) is 10.8. The van der Waals surface area contributed by atoms with Gasteiger partial charge in [-0.05, 0) is 48.6 Å². The van der Waals surface area contributed by atoms with Crippen LogP contribution in [0.15, 0.2) is 41.5 Å². The molecule has 2 fully saturated rings. The Morgan fingerprint density at radius 2 is 2.00 bits per heavy atom. The van der Waals surface area contributed by atoms with Gasteiger partial charge < -0.3 is 4.74 Å². The summed E-state index contributed by atoms with van der Waals surface area (Å²) in [4.78, 5) is 28.3. The lowest BCUT2D eigenvalue weighted by Gasteiger charge is -2.54. The molecule has 1 spiro atoms. The molecular weight excluding hydrogens is 477 g/mol. The minimum atomic E-state index is -3.94. The first-order chi connectivity index (χ1) is 16.6. The number of nitrogens with zero attached hydrogens (tertiary/aromatic N) is 4. The highest BCUT2D eigenvalue weighted by atomic mass is 32.2. The molecule has 2 aliphatic rings. The Morgan fingerprint density at radius 1 is 1.26 bits per heavy atom. The molecule has 35 heavy (non-hydrogen) atoms. The SMILES string of the molecule is CC(=O)n1cnc2ccc(Oc3c(F)ccc(NS(=O)(=O)N4CC5(CCC5)C4)c3C#N)cc2c1=O. The van der Waals surface area contributed by atoms with E-state index in [-0.39, 0.29) is 27.8 Å². The molecule has 1 N–H and O–H groups in total. The van der Waals surface area contributed by atoms with E-state index in [0.29, 0.717) is 18.6 Å². The Hall–Kier alpha value is -3.82. The lowest BCUT2D eigenvalue weighted by molar-refractivity contribution is -0.00752. The summed E-state index contributed by atoms with van der Waals surface area (Å²) in [5.74, 6) is -1.92. The third-order valence-electron chi connectivity index (χ3n) is 6.53. The van der Waals surface area contributed by atoms with Crippen molar-refractivity contribution in [2.75, 3.05) is 17.8 Å². The number of nitriles is 1. The Morgan fingerprint density at radius 3 is 2.63 bits per heavy atom. The predicted molar refractivity (Wildman–Crippen MR) is 124 cm³/mol. The van der Waals surface area contributed by atoms with Gasteiger partial charge >= 0.3 is 10.2 Å². The summed E-state index contributed by atoms with van der Waals surface area (Å²) in [6.07, 6.45) is 4.19. The van der Waals surface area contributed by atoms with Crippen LogP contribution in [0.2, 0.25) is 0 Å². The predicted octanol–water partition coefficient (Wildman–Crippen LogP) is 3.00. The second-order valence-corrected chi connectivity index (χ2v) is 10.5. The molecule has 1 aliphatic carbocycles. The fourth-order valence-corrected chi connectivity index (χ4v) is 5.89. The highest BCUT2D eigenvalue weighted by Gasteiger charge is 2.51. The van der Waals surface area contributed by atoms with Crippen LogP contribution in [0.1, 0.15) is 36.5 Å². The smallest absolute Gasteiger partial charge is 0.301 e. The molecule has 1 aliphatic heterocycles. The van der Waals surface area contributed by atoms with Crippen molar-refractivity contribution in [2.45, 2.75) is 26.2 Å². The molecular formula is C23H20FN5O5S. The molecule has 1 saturated heterocycles. The molecule has 12 heteroatoms. The van der Waals surface area contributed by atoms with E-state index in [0.717, 1.165) is 42.3 Å². The number of aromatic nitrogens is 2. The van der Waals surface area contributed by atoms with Crippen LogP contribution >= 0.6 is 0 Å². The molecule has 5 rings (SSSR count). The van der Waals surface area contributed by atoms with Crippen molar-refractivity contribution >= 4 is 32.7 Å². The van der Waals surface area contributed by atoms with E-state index in [1.807, 2.05) is 0 Å². The number of fused-ring (bicyclic) bond motifs is 1. The third-order valence-corrected chi connectivity index (χ3v) is 7.94. The summed E-state index contributed by atoms with van der Waals surface area (Å²) in [7, 11) is -3.94. The number of rotatable bonds is 5. The number of hydrogen-bond acceptors (Lipinski definition) is 7. The van der Waals surface area contributed by atoms with Gasteiger partial charge in [-0.3, -0.25) is 14.3 Å². The summed E-state index contributed by atoms with van der Waals surface area (Å²) in [5, 5.41) is 9.76. The minimum Gasteiger partial charge on any atom is -0.453 e. The molecule has 3 aromatic rings. The number of nitrogens with one attached hydrogen (secondary N) is 1. The van der Waals surface area contributed by atoms with Crippen LogP contribution in [-0.4, -0.2) is 41.3 Å². The standard InChI is InChI=1S/C23H20FN5O5S/c1-14(30)29-13-26-19-5-3-15(9-16(19)22(29)31)34-21-17(10-25)20(6-4-18(21)24)27-35(32,33)28-11-23(12-28)7-2-8-23/h3-6,9,13,27H,2,7-8,11-12H2,1H3. The molecule has 1 saturated carbocycles. The topological polar surface area (TPSA) is 134 Å². The van der Waals surface area contributed by atoms with Crippen molar-refractivity contribution in [2.24, 2.45) is 5.41 Å². The number of carbonyl (C=O) groups is 1. The summed E-state index contributed by atoms with van der Waals surface area (Å²) in [5.41, 5.74) is -0.745. The number of carbonyl (C=O) groups excluding carboxylic acids is 1. The van der Waals surface area contributed by atoms with Crippen molar-refractivity contribution in [1.29, 1.82) is 5.26 Å². The molecule has 2 heterocycles. The van der Waals surface area contributed by atoms with Crippen molar-refractivity contribution in [3.05, 3.63) is 58.4 Å². The molecule has 0 unspecified atom stereocenters. The van der Waals surface area contributed by atoms with Gasteiger partial charge in [-0.15, -0.1) is 0 Å². The normalized spacial score (nSPS) is 16.8.